The molecule has 5 rings (SSSR count). The van der Waals surface area contributed by atoms with Gasteiger partial charge in [-0.15, -0.1) is 0 Å². The van der Waals surface area contributed by atoms with Gasteiger partial charge in [0.2, 0.25) is 5.88 Å². The predicted octanol–water partition coefficient (Wildman–Crippen LogP) is 7.56. The average Bonchev–Trinajstić information content (AvgIpc) is 3.36. The van der Waals surface area contributed by atoms with Crippen LogP contribution in [0.4, 0.5) is 28.4 Å². The van der Waals surface area contributed by atoms with E-state index in [1.165, 1.54) is 34.1 Å². The van der Waals surface area contributed by atoms with Crippen molar-refractivity contribution in [1.29, 1.82) is 0 Å². The number of rotatable bonds is 4. The van der Waals surface area contributed by atoms with Crippen molar-refractivity contribution >= 4 is 28.7 Å². The fourth-order valence-corrected chi connectivity index (χ4v) is 4.43. The second-order valence-corrected chi connectivity index (χ2v) is 10.7. The van der Waals surface area contributed by atoms with Crippen LogP contribution in [0.5, 0.6) is 11.6 Å². The van der Waals surface area contributed by atoms with Crippen molar-refractivity contribution in [2.45, 2.75) is 44.9 Å². The number of amides is 2. The third-order valence-corrected chi connectivity index (χ3v) is 6.39. The average molecular weight is 580 g/mol. The minimum absolute atomic E-state index is 0.0292. The van der Waals surface area contributed by atoms with E-state index in [-0.39, 0.29) is 11.6 Å². The van der Waals surface area contributed by atoms with E-state index in [1.807, 2.05) is 26.8 Å². The Kier molecular flexibility index (Phi) is 7.63. The smallest absolute Gasteiger partial charge is 0.416 e. The molecule has 0 bridgehead atoms. The van der Waals surface area contributed by atoms with Crippen molar-refractivity contribution in [3.05, 3.63) is 90.7 Å². The summed E-state index contributed by atoms with van der Waals surface area (Å²) in [6, 6.07) is 12.3. The monoisotopic (exact) mass is 579 g/mol. The Balaban J connectivity index is 1.26. The van der Waals surface area contributed by atoms with Gasteiger partial charge in [0.1, 0.15) is 17.7 Å². The number of aromatic nitrogens is 3. The van der Waals surface area contributed by atoms with Gasteiger partial charge in [0.15, 0.2) is 0 Å². The number of hydrogen-bond acceptors (Lipinski definition) is 6. The summed E-state index contributed by atoms with van der Waals surface area (Å²) in [6.07, 6.45) is 2.25. The fraction of sp³-hybridized carbons (Fsp3) is 0.267. The van der Waals surface area contributed by atoms with Crippen LogP contribution in [0.15, 0.2) is 79.4 Å². The lowest BCUT2D eigenvalue weighted by molar-refractivity contribution is -0.137. The number of allylic oxidation sites excluding steroid dienone is 1. The lowest BCUT2D eigenvalue weighted by atomic mass is 9.98. The first-order valence-corrected chi connectivity index (χ1v) is 13.1. The molecule has 1 aliphatic heterocycles. The summed E-state index contributed by atoms with van der Waals surface area (Å²) in [5.74, 6) is 0.753. The van der Waals surface area contributed by atoms with Crippen molar-refractivity contribution in [1.82, 2.24) is 19.4 Å². The van der Waals surface area contributed by atoms with E-state index < -0.39 is 29.5 Å². The molecule has 42 heavy (non-hydrogen) atoms. The van der Waals surface area contributed by atoms with Gasteiger partial charge < -0.3 is 14.8 Å². The van der Waals surface area contributed by atoms with Crippen LogP contribution in [0.3, 0.4) is 0 Å². The van der Waals surface area contributed by atoms with Crippen LogP contribution in [0.2, 0.25) is 0 Å². The third kappa shape index (κ3) is 6.70. The Bertz CT molecular complexity index is 1660. The zero-order valence-corrected chi connectivity index (χ0v) is 23.1. The predicted molar refractivity (Wildman–Crippen MR) is 149 cm³/mol. The van der Waals surface area contributed by atoms with Crippen LogP contribution < -0.4 is 10.1 Å². The molecule has 12 heteroatoms. The molecule has 2 aromatic carbocycles. The molecule has 1 unspecified atom stereocenters. The number of anilines is 1. The number of halogens is 3. The van der Waals surface area contributed by atoms with Crippen LogP contribution in [0, 0.1) is 0 Å². The first-order valence-electron chi connectivity index (χ1n) is 13.1. The Morgan fingerprint density at radius 1 is 1.02 bits per heavy atom. The van der Waals surface area contributed by atoms with Crippen molar-refractivity contribution < 1.29 is 32.2 Å². The highest BCUT2D eigenvalue weighted by Gasteiger charge is 2.30. The minimum Gasteiger partial charge on any atom is -0.443 e. The Morgan fingerprint density at radius 3 is 2.55 bits per heavy atom. The summed E-state index contributed by atoms with van der Waals surface area (Å²) in [5, 5.41) is 3.18. The van der Waals surface area contributed by atoms with Gasteiger partial charge in [-0.2, -0.15) is 13.2 Å². The van der Waals surface area contributed by atoms with Gasteiger partial charge in [-0.1, -0.05) is 12.1 Å². The molecule has 0 spiro atoms. The van der Waals surface area contributed by atoms with Crippen LogP contribution >= 0.6 is 0 Å². The molecule has 0 radical (unpaired) electrons. The van der Waals surface area contributed by atoms with E-state index in [0.29, 0.717) is 35.5 Å². The van der Waals surface area contributed by atoms with Gasteiger partial charge in [0.05, 0.1) is 16.8 Å². The topological polar surface area (TPSA) is 98.6 Å². The van der Waals surface area contributed by atoms with Gasteiger partial charge in [-0.3, -0.25) is 9.47 Å². The van der Waals surface area contributed by atoms with E-state index in [0.717, 1.165) is 17.8 Å². The van der Waals surface area contributed by atoms with Gasteiger partial charge >= 0.3 is 18.3 Å². The number of hydrogen-bond donors (Lipinski definition) is 1. The van der Waals surface area contributed by atoms with Crippen molar-refractivity contribution in [3.63, 3.8) is 0 Å². The molecule has 1 aliphatic rings. The maximum atomic E-state index is 13.0. The highest BCUT2D eigenvalue weighted by Crippen LogP contribution is 2.32. The van der Waals surface area contributed by atoms with Gasteiger partial charge in [-0.25, -0.2) is 19.6 Å². The zero-order valence-electron chi connectivity index (χ0n) is 23.1. The summed E-state index contributed by atoms with van der Waals surface area (Å²) < 4.78 is 51.8. The lowest BCUT2D eigenvalue weighted by Gasteiger charge is -2.28. The fourth-order valence-electron chi connectivity index (χ4n) is 4.43. The summed E-state index contributed by atoms with van der Waals surface area (Å²) in [6.45, 7) is 5.93. The third-order valence-electron chi connectivity index (χ3n) is 6.39. The molecule has 2 aromatic heterocycles. The molecule has 0 saturated heterocycles. The molecule has 3 heterocycles. The molecule has 9 nitrogen and oxygen atoms in total. The number of ether oxygens (including phenoxy) is 2. The number of nitrogens with one attached hydrogen (secondary N) is 1. The SMILES string of the molecule is CC(C)(C)OC(=O)N1C=CC(c2cc(Oc3ccc4c(ccn4C(=O)Nc4cccc(C(F)(F)F)c4)c3)ncn2)CC1. The molecule has 0 aliphatic carbocycles. The summed E-state index contributed by atoms with van der Waals surface area (Å²) in [4.78, 5) is 35.2. The molecular weight excluding hydrogens is 551 g/mol. The Labute approximate surface area is 239 Å². The van der Waals surface area contributed by atoms with Crippen LogP contribution in [-0.4, -0.2) is 43.7 Å². The molecular formula is C30H28F3N5O4. The molecule has 4 aromatic rings. The van der Waals surface area contributed by atoms with Gasteiger partial charge in [-0.05, 0) is 69.7 Å². The molecule has 2 amide bonds. The minimum atomic E-state index is -4.52. The molecule has 218 valence electrons. The van der Waals surface area contributed by atoms with Crippen LogP contribution in [0.25, 0.3) is 10.9 Å². The van der Waals surface area contributed by atoms with E-state index >= 15 is 0 Å². The summed E-state index contributed by atoms with van der Waals surface area (Å²) in [7, 11) is 0. The maximum Gasteiger partial charge on any atom is 0.416 e. The number of carbonyl (C=O) groups is 2. The highest BCUT2D eigenvalue weighted by atomic mass is 19.4. The molecule has 1 atom stereocenters. The van der Waals surface area contributed by atoms with Gasteiger partial charge in [0.25, 0.3) is 0 Å². The normalized spacial score (nSPS) is 15.5. The molecule has 0 fully saturated rings. The second kappa shape index (κ2) is 11.2. The van der Waals surface area contributed by atoms with E-state index in [9.17, 15) is 22.8 Å². The van der Waals surface area contributed by atoms with Crippen molar-refractivity contribution in [2.75, 3.05) is 11.9 Å². The highest BCUT2D eigenvalue weighted by molar-refractivity contribution is 5.98. The Morgan fingerprint density at radius 2 is 1.83 bits per heavy atom. The van der Waals surface area contributed by atoms with E-state index in [1.54, 1.807) is 36.5 Å². The summed E-state index contributed by atoms with van der Waals surface area (Å²) in [5.41, 5.74) is -0.128. The van der Waals surface area contributed by atoms with E-state index in [4.69, 9.17) is 9.47 Å². The number of alkyl halides is 3. The number of carbonyl (C=O) groups excluding carboxylic acids is 2. The molecule has 0 saturated carbocycles. The summed E-state index contributed by atoms with van der Waals surface area (Å²) >= 11 is 0. The first kappa shape index (κ1) is 28.7. The quantitative estimate of drug-likeness (QED) is 0.268. The maximum absolute atomic E-state index is 13.0. The largest absolute Gasteiger partial charge is 0.443 e. The van der Waals surface area contributed by atoms with Crippen molar-refractivity contribution in [2.24, 2.45) is 0 Å². The number of benzene rings is 2. The standard InChI is InChI=1S/C30H28F3N5O4/c1-29(2,3)42-28(40)37-12-9-19(10-13-37)24-17-26(35-18-34-24)41-23-7-8-25-20(15-23)11-14-38(25)27(39)36-22-6-4-5-21(16-22)30(31,32)33/h4-9,11-12,14-19H,10,13H2,1-3H3,(H,36,39). The second-order valence-electron chi connectivity index (χ2n) is 10.7. The van der Waals surface area contributed by atoms with E-state index in [2.05, 4.69) is 15.3 Å². The first-order chi connectivity index (χ1) is 19.9. The number of fused-ring (bicyclic) bond motifs is 1. The zero-order chi connectivity index (χ0) is 30.1. The van der Waals surface area contributed by atoms with Crippen LogP contribution in [0.1, 0.15) is 44.4 Å². The van der Waals surface area contributed by atoms with Crippen molar-refractivity contribution in [3.8, 4) is 11.6 Å². The lowest BCUT2D eigenvalue weighted by Crippen LogP contribution is -2.36. The molecule has 1 N–H and O–H groups in total. The van der Waals surface area contributed by atoms with Crippen LogP contribution in [-0.2, 0) is 10.9 Å². The Hall–Kier alpha value is -4.87. The number of nitrogens with zero attached hydrogens (tertiary/aromatic N) is 4. The van der Waals surface area contributed by atoms with Gasteiger partial charge in [0, 0.05) is 42.0 Å².